The van der Waals surface area contributed by atoms with Crippen LogP contribution in [0.4, 0.5) is 0 Å². The van der Waals surface area contributed by atoms with Gasteiger partial charge in [0.15, 0.2) is 12.4 Å². The van der Waals surface area contributed by atoms with Crippen molar-refractivity contribution < 1.29 is 14.1 Å². The second-order valence-corrected chi connectivity index (χ2v) is 5.54. The molecule has 8 heteroatoms. The van der Waals surface area contributed by atoms with E-state index in [1.54, 1.807) is 18.2 Å². The van der Waals surface area contributed by atoms with E-state index in [0.29, 0.717) is 23.0 Å². The number of aromatic nitrogens is 2. The molecule has 0 aliphatic heterocycles. The lowest BCUT2D eigenvalue weighted by Gasteiger charge is -2.17. The number of rotatable bonds is 5. The molecule has 0 radical (unpaired) electrons. The number of nitrogens with zero attached hydrogens (tertiary/aromatic N) is 2. The molecule has 1 heterocycles. The van der Waals surface area contributed by atoms with Crippen LogP contribution in [-0.2, 0) is 10.3 Å². The Morgan fingerprint density at radius 1 is 1.30 bits per heavy atom. The molecule has 1 fully saturated rings. The van der Waals surface area contributed by atoms with Gasteiger partial charge in [-0.2, -0.15) is 4.98 Å². The molecule has 124 valence electrons. The summed E-state index contributed by atoms with van der Waals surface area (Å²) in [6, 6.07) is 7.12. The van der Waals surface area contributed by atoms with Gasteiger partial charge >= 0.3 is 0 Å². The molecule has 7 nitrogen and oxygen atoms in total. The van der Waals surface area contributed by atoms with Gasteiger partial charge < -0.3 is 20.7 Å². The maximum absolute atomic E-state index is 10.9. The minimum absolute atomic E-state index is 0. The van der Waals surface area contributed by atoms with Crippen molar-refractivity contribution in [1.82, 2.24) is 10.1 Å². The van der Waals surface area contributed by atoms with Gasteiger partial charge in [0.2, 0.25) is 0 Å². The number of halogens is 1. The highest BCUT2D eigenvalue weighted by molar-refractivity contribution is 5.85. The zero-order valence-electron chi connectivity index (χ0n) is 12.5. The first-order chi connectivity index (χ1) is 10.6. The van der Waals surface area contributed by atoms with Crippen LogP contribution in [0.1, 0.15) is 31.5 Å². The maximum atomic E-state index is 10.9. The Morgan fingerprint density at radius 2 is 2.00 bits per heavy atom. The zero-order chi connectivity index (χ0) is 15.6. The van der Waals surface area contributed by atoms with Crippen LogP contribution in [0, 0.1) is 0 Å². The molecule has 1 amide bonds. The van der Waals surface area contributed by atoms with E-state index in [4.69, 9.17) is 20.7 Å². The Balaban J connectivity index is 0.00000192. The fourth-order valence-corrected chi connectivity index (χ4v) is 2.68. The highest BCUT2D eigenvalue weighted by atomic mass is 35.5. The third-order valence-corrected chi connectivity index (χ3v) is 3.85. The number of hydrogen-bond donors (Lipinski definition) is 2. The van der Waals surface area contributed by atoms with Crippen molar-refractivity contribution in [2.24, 2.45) is 11.5 Å². The van der Waals surface area contributed by atoms with Gasteiger partial charge in [-0.25, -0.2) is 0 Å². The number of nitrogens with two attached hydrogens (primary N) is 2. The first kappa shape index (κ1) is 17.2. The number of primary amides is 1. The second kappa shape index (κ2) is 6.97. The summed E-state index contributed by atoms with van der Waals surface area (Å²) < 4.78 is 10.7. The highest BCUT2D eigenvalue weighted by Crippen LogP contribution is 2.36. The molecule has 1 aliphatic carbocycles. The number of benzene rings is 1. The molecule has 0 bridgehead atoms. The normalized spacial score (nSPS) is 15.9. The topological polar surface area (TPSA) is 117 Å². The smallest absolute Gasteiger partial charge is 0.261 e. The van der Waals surface area contributed by atoms with Crippen molar-refractivity contribution >= 4 is 18.3 Å². The molecule has 0 atom stereocenters. The lowest BCUT2D eigenvalue weighted by molar-refractivity contribution is -0.119. The Morgan fingerprint density at radius 3 is 2.70 bits per heavy atom. The van der Waals surface area contributed by atoms with Crippen molar-refractivity contribution in [3.63, 3.8) is 0 Å². The summed E-state index contributed by atoms with van der Waals surface area (Å²) in [6.07, 6.45) is 3.84. The standard InChI is InChI=1S/C15H18N4O3.ClH/c16-12(20)9-21-11-6-2-1-5-10(11)13-18-14(19-22-13)15(17)7-3-4-8-15;/h1-2,5-6H,3-4,7-9,17H2,(H2,16,20);1H. The first-order valence-corrected chi connectivity index (χ1v) is 7.22. The molecule has 3 rings (SSSR count). The molecule has 1 saturated carbocycles. The van der Waals surface area contributed by atoms with Gasteiger partial charge in [-0.05, 0) is 25.0 Å². The van der Waals surface area contributed by atoms with E-state index in [1.165, 1.54) is 0 Å². The minimum Gasteiger partial charge on any atom is -0.483 e. The second-order valence-electron chi connectivity index (χ2n) is 5.54. The van der Waals surface area contributed by atoms with Crippen molar-refractivity contribution in [1.29, 1.82) is 0 Å². The lowest BCUT2D eigenvalue weighted by atomic mass is 9.99. The fourth-order valence-electron chi connectivity index (χ4n) is 2.68. The third kappa shape index (κ3) is 3.62. The van der Waals surface area contributed by atoms with Gasteiger partial charge in [-0.1, -0.05) is 30.1 Å². The molecule has 0 spiro atoms. The van der Waals surface area contributed by atoms with E-state index in [9.17, 15) is 4.79 Å². The number of amides is 1. The molecule has 0 unspecified atom stereocenters. The molecule has 1 aromatic heterocycles. The predicted octanol–water partition coefficient (Wildman–Crippen LogP) is 1.75. The van der Waals surface area contributed by atoms with Crippen molar-refractivity contribution in [3.05, 3.63) is 30.1 Å². The average molecular weight is 339 g/mol. The summed E-state index contributed by atoms with van der Waals surface area (Å²) in [7, 11) is 0. The van der Waals surface area contributed by atoms with Gasteiger partial charge in [0, 0.05) is 0 Å². The molecule has 0 saturated heterocycles. The van der Waals surface area contributed by atoms with Gasteiger partial charge in [0.05, 0.1) is 11.1 Å². The Labute approximate surface area is 139 Å². The predicted molar refractivity (Wildman–Crippen MR) is 86.0 cm³/mol. The van der Waals surface area contributed by atoms with Crippen LogP contribution in [0.5, 0.6) is 5.75 Å². The molecule has 1 aromatic carbocycles. The Bertz CT molecular complexity index is 683. The van der Waals surface area contributed by atoms with Crippen LogP contribution in [0.2, 0.25) is 0 Å². The van der Waals surface area contributed by atoms with E-state index in [-0.39, 0.29) is 19.0 Å². The van der Waals surface area contributed by atoms with E-state index in [1.807, 2.05) is 6.07 Å². The quantitative estimate of drug-likeness (QED) is 0.857. The SMILES string of the molecule is Cl.NC(=O)COc1ccccc1-c1nc(C2(N)CCCC2)no1. The van der Waals surface area contributed by atoms with Gasteiger partial charge in [-0.3, -0.25) is 4.79 Å². The van der Waals surface area contributed by atoms with Crippen LogP contribution in [0.15, 0.2) is 28.8 Å². The number of para-hydroxylation sites is 1. The van der Waals surface area contributed by atoms with E-state index >= 15 is 0 Å². The zero-order valence-corrected chi connectivity index (χ0v) is 13.3. The van der Waals surface area contributed by atoms with Crippen LogP contribution >= 0.6 is 12.4 Å². The summed E-state index contributed by atoms with van der Waals surface area (Å²) in [4.78, 5) is 15.3. The Kier molecular flexibility index (Phi) is 5.23. The molecule has 1 aliphatic rings. The van der Waals surface area contributed by atoms with Crippen molar-refractivity contribution in [2.45, 2.75) is 31.2 Å². The molecular formula is C15H19ClN4O3. The largest absolute Gasteiger partial charge is 0.483 e. The van der Waals surface area contributed by atoms with E-state index in [0.717, 1.165) is 25.7 Å². The minimum atomic E-state index is -0.548. The first-order valence-electron chi connectivity index (χ1n) is 7.22. The van der Waals surface area contributed by atoms with Crippen molar-refractivity contribution in [3.8, 4) is 17.2 Å². The van der Waals surface area contributed by atoms with Crippen LogP contribution in [0.25, 0.3) is 11.5 Å². The Hall–Kier alpha value is -2.12. The van der Waals surface area contributed by atoms with Crippen LogP contribution < -0.4 is 16.2 Å². The van der Waals surface area contributed by atoms with Gasteiger partial charge in [0.1, 0.15) is 5.75 Å². The monoisotopic (exact) mass is 338 g/mol. The highest BCUT2D eigenvalue weighted by Gasteiger charge is 2.36. The van der Waals surface area contributed by atoms with Crippen LogP contribution in [-0.4, -0.2) is 22.7 Å². The number of carbonyl (C=O) groups is 1. The third-order valence-electron chi connectivity index (χ3n) is 3.85. The summed E-state index contributed by atoms with van der Waals surface area (Å²) in [5, 5.41) is 4.02. The molecule has 23 heavy (non-hydrogen) atoms. The number of carbonyl (C=O) groups excluding carboxylic acids is 1. The van der Waals surface area contributed by atoms with Crippen LogP contribution in [0.3, 0.4) is 0 Å². The maximum Gasteiger partial charge on any atom is 0.261 e. The lowest BCUT2D eigenvalue weighted by Crippen LogP contribution is -2.34. The molecule has 4 N–H and O–H groups in total. The van der Waals surface area contributed by atoms with E-state index < -0.39 is 11.4 Å². The number of ether oxygens (including phenoxy) is 1. The van der Waals surface area contributed by atoms with Crippen molar-refractivity contribution in [2.75, 3.05) is 6.61 Å². The summed E-state index contributed by atoms with van der Waals surface area (Å²) in [5.74, 6) is 0.762. The van der Waals surface area contributed by atoms with Gasteiger partial charge in [0.25, 0.3) is 11.8 Å². The van der Waals surface area contributed by atoms with Gasteiger partial charge in [-0.15, -0.1) is 12.4 Å². The number of hydrogen-bond acceptors (Lipinski definition) is 6. The fraction of sp³-hybridized carbons (Fsp3) is 0.400. The molecular weight excluding hydrogens is 320 g/mol. The molecule has 2 aromatic rings. The summed E-state index contributed by atoms with van der Waals surface area (Å²) >= 11 is 0. The summed E-state index contributed by atoms with van der Waals surface area (Å²) in [5.41, 5.74) is 11.5. The van der Waals surface area contributed by atoms with E-state index in [2.05, 4.69) is 10.1 Å². The summed E-state index contributed by atoms with van der Waals surface area (Å²) in [6.45, 7) is -0.209. The average Bonchev–Trinajstić information content (AvgIpc) is 3.15.